The van der Waals surface area contributed by atoms with E-state index < -0.39 is 0 Å². The lowest BCUT2D eigenvalue weighted by Crippen LogP contribution is -2.37. The minimum Gasteiger partial charge on any atom is -0.371 e. The zero-order chi connectivity index (χ0) is 16.9. The Morgan fingerprint density at radius 3 is 2.32 bits per heavy atom. The van der Waals surface area contributed by atoms with Crippen molar-refractivity contribution in [3.8, 4) is 0 Å². The van der Waals surface area contributed by atoms with Crippen LogP contribution in [0, 0.1) is 0 Å². The Kier molecular flexibility index (Phi) is 4.91. The number of rotatable bonds is 5. The first-order valence-corrected chi connectivity index (χ1v) is 8.81. The van der Waals surface area contributed by atoms with E-state index in [0.717, 1.165) is 38.3 Å². The quantitative estimate of drug-likeness (QED) is 0.716. The van der Waals surface area contributed by atoms with Crippen molar-refractivity contribution in [1.29, 1.82) is 0 Å². The van der Waals surface area contributed by atoms with Crippen LogP contribution in [0.1, 0.15) is 22.8 Å². The van der Waals surface area contributed by atoms with Crippen LogP contribution in [-0.4, -0.2) is 34.4 Å². The van der Waals surface area contributed by atoms with Gasteiger partial charge in [0.1, 0.15) is 0 Å². The second-order valence-electron chi connectivity index (χ2n) is 6.54. The second kappa shape index (κ2) is 7.64. The molecule has 3 aromatic rings. The smallest absolute Gasteiger partial charge is 0.0982 e. The largest absolute Gasteiger partial charge is 0.371 e. The van der Waals surface area contributed by atoms with E-state index in [1.165, 1.54) is 11.1 Å². The van der Waals surface area contributed by atoms with Gasteiger partial charge >= 0.3 is 0 Å². The molecule has 0 spiro atoms. The van der Waals surface area contributed by atoms with Crippen LogP contribution in [-0.2, 0) is 17.8 Å². The number of aromatic nitrogens is 2. The molecule has 0 aliphatic carbocycles. The van der Waals surface area contributed by atoms with E-state index >= 15 is 0 Å². The summed E-state index contributed by atoms with van der Waals surface area (Å²) in [5, 5.41) is 4.51. The molecule has 1 aliphatic rings. The normalized spacial score (nSPS) is 18.3. The summed E-state index contributed by atoms with van der Waals surface area (Å²) in [5.41, 5.74) is 3.77. The fourth-order valence-corrected chi connectivity index (χ4v) is 3.29. The number of morpholine rings is 1. The highest BCUT2D eigenvalue weighted by molar-refractivity contribution is 5.17. The SMILES string of the molecule is c1ccc(CN2CCO[C@H](c3cnn(Cc4ccccc4)c3)C2)cc1. The van der Waals surface area contributed by atoms with Crippen LogP contribution < -0.4 is 0 Å². The lowest BCUT2D eigenvalue weighted by atomic mass is 10.1. The fraction of sp³-hybridized carbons (Fsp3) is 0.286. The fourth-order valence-electron chi connectivity index (χ4n) is 3.29. The molecule has 2 aromatic carbocycles. The van der Waals surface area contributed by atoms with E-state index in [1.807, 2.05) is 16.9 Å². The molecular weight excluding hydrogens is 310 g/mol. The van der Waals surface area contributed by atoms with Crippen molar-refractivity contribution in [1.82, 2.24) is 14.7 Å². The van der Waals surface area contributed by atoms with Gasteiger partial charge in [0.15, 0.2) is 0 Å². The van der Waals surface area contributed by atoms with Gasteiger partial charge in [-0.05, 0) is 11.1 Å². The predicted octanol–water partition coefficient (Wildman–Crippen LogP) is 3.50. The molecule has 1 aliphatic heterocycles. The van der Waals surface area contributed by atoms with Crippen LogP contribution in [0.25, 0.3) is 0 Å². The highest BCUT2D eigenvalue weighted by Gasteiger charge is 2.23. The van der Waals surface area contributed by atoms with Gasteiger partial charge in [0, 0.05) is 31.4 Å². The van der Waals surface area contributed by atoms with Gasteiger partial charge < -0.3 is 4.74 Å². The van der Waals surface area contributed by atoms with Crippen molar-refractivity contribution in [2.45, 2.75) is 19.2 Å². The standard InChI is InChI=1S/C21H23N3O/c1-3-7-18(8-4-1)14-23-11-12-25-21(17-23)20-13-22-24(16-20)15-19-9-5-2-6-10-19/h1-10,13,16,21H,11-12,14-15,17H2/t21-/m0/s1. The molecule has 128 valence electrons. The van der Waals surface area contributed by atoms with Gasteiger partial charge in [-0.3, -0.25) is 9.58 Å². The first-order valence-electron chi connectivity index (χ1n) is 8.81. The molecule has 0 amide bonds. The van der Waals surface area contributed by atoms with Crippen LogP contribution in [0.4, 0.5) is 0 Å². The first kappa shape index (κ1) is 16.1. The lowest BCUT2D eigenvalue weighted by Gasteiger charge is -2.32. The number of benzene rings is 2. The van der Waals surface area contributed by atoms with Gasteiger partial charge in [-0.25, -0.2) is 0 Å². The maximum Gasteiger partial charge on any atom is 0.0982 e. The molecule has 1 atom stereocenters. The molecule has 0 bridgehead atoms. The maximum atomic E-state index is 6.00. The molecule has 1 fully saturated rings. The molecule has 4 heteroatoms. The van der Waals surface area contributed by atoms with E-state index in [0.29, 0.717) is 0 Å². The van der Waals surface area contributed by atoms with Crippen molar-refractivity contribution in [2.24, 2.45) is 0 Å². The predicted molar refractivity (Wildman–Crippen MR) is 98.2 cm³/mol. The summed E-state index contributed by atoms with van der Waals surface area (Å²) in [4.78, 5) is 2.46. The summed E-state index contributed by atoms with van der Waals surface area (Å²) in [7, 11) is 0. The van der Waals surface area contributed by atoms with Crippen molar-refractivity contribution in [3.05, 3.63) is 89.7 Å². The van der Waals surface area contributed by atoms with Gasteiger partial charge in [-0.2, -0.15) is 5.10 Å². The van der Waals surface area contributed by atoms with Crippen molar-refractivity contribution in [3.63, 3.8) is 0 Å². The summed E-state index contributed by atoms with van der Waals surface area (Å²) in [6.45, 7) is 4.41. The summed E-state index contributed by atoms with van der Waals surface area (Å²) in [5.74, 6) is 0. The molecule has 4 nitrogen and oxygen atoms in total. The number of nitrogens with zero attached hydrogens (tertiary/aromatic N) is 3. The van der Waals surface area contributed by atoms with Gasteiger partial charge in [-0.15, -0.1) is 0 Å². The Bertz CT molecular complexity index is 785. The number of ether oxygens (including phenoxy) is 1. The van der Waals surface area contributed by atoms with Crippen LogP contribution >= 0.6 is 0 Å². The van der Waals surface area contributed by atoms with Crippen LogP contribution in [0.2, 0.25) is 0 Å². The molecule has 0 radical (unpaired) electrons. The molecule has 0 saturated carbocycles. The van der Waals surface area contributed by atoms with Gasteiger partial charge in [-0.1, -0.05) is 60.7 Å². The molecule has 2 heterocycles. The minimum absolute atomic E-state index is 0.0991. The molecule has 25 heavy (non-hydrogen) atoms. The van der Waals surface area contributed by atoms with Crippen molar-refractivity contribution < 1.29 is 4.74 Å². The molecule has 0 N–H and O–H groups in total. The van der Waals surface area contributed by atoms with E-state index in [9.17, 15) is 0 Å². The zero-order valence-corrected chi connectivity index (χ0v) is 14.3. The molecule has 4 rings (SSSR count). The second-order valence-corrected chi connectivity index (χ2v) is 6.54. The summed E-state index contributed by atoms with van der Waals surface area (Å²) >= 11 is 0. The van der Waals surface area contributed by atoms with Gasteiger partial charge in [0.2, 0.25) is 0 Å². The zero-order valence-electron chi connectivity index (χ0n) is 14.3. The molecule has 0 unspecified atom stereocenters. The number of hydrogen-bond donors (Lipinski definition) is 0. The first-order chi connectivity index (χ1) is 12.4. The molecule has 1 saturated heterocycles. The molecular formula is C21H23N3O. The van der Waals surface area contributed by atoms with E-state index in [-0.39, 0.29) is 6.10 Å². The Morgan fingerprint density at radius 1 is 0.920 bits per heavy atom. The van der Waals surface area contributed by atoms with Gasteiger partial charge in [0.05, 0.1) is 25.5 Å². The lowest BCUT2D eigenvalue weighted by molar-refractivity contribution is -0.0329. The third-order valence-corrected chi connectivity index (χ3v) is 4.61. The average Bonchev–Trinajstić information content (AvgIpc) is 3.12. The minimum atomic E-state index is 0.0991. The molecule has 1 aromatic heterocycles. The monoisotopic (exact) mass is 333 g/mol. The summed E-state index contributed by atoms with van der Waals surface area (Å²) in [6.07, 6.45) is 4.16. The highest BCUT2D eigenvalue weighted by Crippen LogP contribution is 2.23. The van der Waals surface area contributed by atoms with Crippen LogP contribution in [0.3, 0.4) is 0 Å². The Balaban J connectivity index is 1.40. The van der Waals surface area contributed by atoms with E-state index in [1.54, 1.807) is 0 Å². The Labute approximate surface area is 148 Å². The third kappa shape index (κ3) is 4.16. The van der Waals surface area contributed by atoms with Crippen LogP contribution in [0.5, 0.6) is 0 Å². The Morgan fingerprint density at radius 2 is 1.60 bits per heavy atom. The Hall–Kier alpha value is -2.43. The summed E-state index contributed by atoms with van der Waals surface area (Å²) < 4.78 is 7.99. The average molecular weight is 333 g/mol. The van der Waals surface area contributed by atoms with E-state index in [4.69, 9.17) is 4.74 Å². The van der Waals surface area contributed by atoms with Crippen LogP contribution in [0.15, 0.2) is 73.1 Å². The van der Waals surface area contributed by atoms with Crippen molar-refractivity contribution >= 4 is 0 Å². The van der Waals surface area contributed by atoms with Crippen molar-refractivity contribution in [2.75, 3.05) is 19.7 Å². The van der Waals surface area contributed by atoms with E-state index in [2.05, 4.69) is 70.8 Å². The third-order valence-electron chi connectivity index (χ3n) is 4.61. The number of hydrogen-bond acceptors (Lipinski definition) is 3. The summed E-state index contributed by atoms with van der Waals surface area (Å²) in [6, 6.07) is 21.0. The topological polar surface area (TPSA) is 30.3 Å². The maximum absolute atomic E-state index is 6.00. The van der Waals surface area contributed by atoms with Gasteiger partial charge in [0.25, 0.3) is 0 Å². The highest BCUT2D eigenvalue weighted by atomic mass is 16.5.